The molecule has 0 spiro atoms. The maximum Gasteiger partial charge on any atom is 0.225 e. The molecule has 0 bridgehead atoms. The van der Waals surface area contributed by atoms with Gasteiger partial charge in [0.1, 0.15) is 0 Å². The average molecular weight is 146 g/mol. The number of rotatable bonds is 0. The van der Waals surface area contributed by atoms with E-state index in [0.29, 0.717) is 5.11 Å². The number of nitrogens with one attached hydrogen (secondary N) is 1. The molecule has 0 aliphatic heterocycles. The lowest BCUT2D eigenvalue weighted by Gasteiger charge is -2.14. The molecule has 3 nitrogen and oxygen atoms in total. The van der Waals surface area contributed by atoms with Gasteiger partial charge in [0, 0.05) is 21.0 Å². The largest absolute Gasteiger partial charge is 0.365 e. The number of hydrogen-bond donors (Lipinski definition) is 1. The molecule has 9 heavy (non-hydrogen) atoms. The molecule has 0 aromatic heterocycles. The van der Waals surface area contributed by atoms with Crippen molar-refractivity contribution in [2.75, 3.05) is 14.1 Å². The lowest BCUT2D eigenvalue weighted by molar-refractivity contribution is -0.124. The van der Waals surface area contributed by atoms with E-state index in [-0.39, 0.29) is 5.91 Å². The summed E-state index contributed by atoms with van der Waals surface area (Å²) in [4.78, 5) is 11.9. The summed E-state index contributed by atoms with van der Waals surface area (Å²) in [5, 5.41) is 3.13. The van der Waals surface area contributed by atoms with Crippen LogP contribution >= 0.6 is 12.2 Å². The van der Waals surface area contributed by atoms with Gasteiger partial charge in [0.25, 0.3) is 0 Å². The molecule has 0 rings (SSSR count). The number of hydrogen-bond acceptors (Lipinski definition) is 2. The van der Waals surface area contributed by atoms with E-state index in [2.05, 4.69) is 5.32 Å². The monoisotopic (exact) mass is 146 g/mol. The summed E-state index contributed by atoms with van der Waals surface area (Å²) in [6.07, 6.45) is 0. The minimum Gasteiger partial charge on any atom is -0.365 e. The highest BCUT2D eigenvalue weighted by Crippen LogP contribution is 1.83. The molecule has 0 unspecified atom stereocenters. The fraction of sp³-hybridized carbons (Fsp3) is 0.600. The second-order valence-electron chi connectivity index (χ2n) is 1.63. The van der Waals surface area contributed by atoms with E-state index in [1.54, 1.807) is 14.1 Å². The van der Waals surface area contributed by atoms with Crippen molar-refractivity contribution in [3.63, 3.8) is 0 Å². The zero-order chi connectivity index (χ0) is 7.44. The summed E-state index contributed by atoms with van der Waals surface area (Å²) in [6.45, 7) is 1.46. The van der Waals surface area contributed by atoms with Crippen LogP contribution in [0.5, 0.6) is 0 Å². The van der Waals surface area contributed by atoms with Crippen molar-refractivity contribution in [2.45, 2.75) is 6.92 Å². The zero-order valence-corrected chi connectivity index (χ0v) is 6.58. The molecular weight excluding hydrogens is 136 g/mol. The van der Waals surface area contributed by atoms with Crippen molar-refractivity contribution in [2.24, 2.45) is 0 Å². The molecule has 0 saturated heterocycles. The van der Waals surface area contributed by atoms with Crippen LogP contribution in [0.1, 0.15) is 6.92 Å². The van der Waals surface area contributed by atoms with Crippen LogP contribution in [0, 0.1) is 0 Å². The highest BCUT2D eigenvalue weighted by atomic mass is 32.1. The van der Waals surface area contributed by atoms with Gasteiger partial charge in [-0.2, -0.15) is 0 Å². The van der Waals surface area contributed by atoms with Crippen LogP contribution < -0.4 is 5.32 Å². The maximum absolute atomic E-state index is 10.5. The normalized spacial score (nSPS) is 8.33. The van der Waals surface area contributed by atoms with Gasteiger partial charge in [0.2, 0.25) is 5.91 Å². The molecule has 0 radical (unpaired) electrons. The molecule has 0 aromatic rings. The highest BCUT2D eigenvalue weighted by Gasteiger charge is 2.04. The predicted octanol–water partition coefficient (Wildman–Crippen LogP) is -0.0310. The Kier molecular flexibility index (Phi) is 3.16. The maximum atomic E-state index is 10.5. The SMILES string of the molecule is CNC(=S)N(C)C(C)=O. The summed E-state index contributed by atoms with van der Waals surface area (Å²) in [5.41, 5.74) is 0. The molecule has 0 aromatic carbocycles. The van der Waals surface area contributed by atoms with Gasteiger partial charge in [-0.15, -0.1) is 0 Å². The van der Waals surface area contributed by atoms with Crippen molar-refractivity contribution in [1.82, 2.24) is 10.2 Å². The lowest BCUT2D eigenvalue weighted by Crippen LogP contribution is -2.37. The Morgan fingerprint density at radius 2 is 2.11 bits per heavy atom. The van der Waals surface area contributed by atoms with E-state index in [9.17, 15) is 4.79 Å². The highest BCUT2D eigenvalue weighted by molar-refractivity contribution is 7.80. The van der Waals surface area contributed by atoms with Gasteiger partial charge in [-0.25, -0.2) is 0 Å². The number of thiocarbonyl (C=S) groups is 1. The van der Waals surface area contributed by atoms with E-state index in [4.69, 9.17) is 12.2 Å². The van der Waals surface area contributed by atoms with E-state index < -0.39 is 0 Å². The summed E-state index contributed by atoms with van der Waals surface area (Å²) < 4.78 is 0. The second kappa shape index (κ2) is 3.40. The standard InChI is InChI=1S/C5H10N2OS/c1-4(8)7(3)5(9)6-2/h1-3H3,(H,6,9). The summed E-state index contributed by atoms with van der Waals surface area (Å²) >= 11 is 4.75. The second-order valence-corrected chi connectivity index (χ2v) is 2.02. The molecule has 1 amide bonds. The number of nitrogens with zero attached hydrogens (tertiary/aromatic N) is 1. The first-order valence-electron chi connectivity index (χ1n) is 2.55. The van der Waals surface area contributed by atoms with Gasteiger partial charge in [-0.1, -0.05) is 0 Å². The number of amides is 1. The average Bonchev–Trinajstić information content (AvgIpc) is 1.84. The van der Waals surface area contributed by atoms with Crippen LogP contribution in [0.25, 0.3) is 0 Å². The van der Waals surface area contributed by atoms with Gasteiger partial charge >= 0.3 is 0 Å². The third-order valence-electron chi connectivity index (χ3n) is 0.991. The van der Waals surface area contributed by atoms with E-state index in [1.165, 1.54) is 11.8 Å². The molecular formula is C5H10N2OS. The van der Waals surface area contributed by atoms with Crippen molar-refractivity contribution < 1.29 is 4.79 Å². The van der Waals surface area contributed by atoms with Crippen LogP contribution in [0.2, 0.25) is 0 Å². The molecule has 4 heteroatoms. The predicted molar refractivity (Wildman–Crippen MR) is 40.1 cm³/mol. The Morgan fingerprint density at radius 1 is 1.67 bits per heavy atom. The molecule has 0 aliphatic rings. The summed E-state index contributed by atoms with van der Waals surface area (Å²) in [5.74, 6) is -0.0608. The van der Waals surface area contributed by atoms with Crippen molar-refractivity contribution in [3.8, 4) is 0 Å². The molecule has 0 heterocycles. The number of carbonyl (C=O) groups excluding carboxylic acids is 1. The van der Waals surface area contributed by atoms with Crippen molar-refractivity contribution in [1.29, 1.82) is 0 Å². The zero-order valence-electron chi connectivity index (χ0n) is 5.76. The van der Waals surface area contributed by atoms with Gasteiger partial charge in [-0.3, -0.25) is 9.69 Å². The molecule has 0 atom stereocenters. The fourth-order valence-electron chi connectivity index (χ4n) is 0.311. The van der Waals surface area contributed by atoms with E-state index in [0.717, 1.165) is 0 Å². The van der Waals surface area contributed by atoms with E-state index >= 15 is 0 Å². The first-order valence-corrected chi connectivity index (χ1v) is 2.96. The van der Waals surface area contributed by atoms with Crippen LogP contribution in [0.4, 0.5) is 0 Å². The Morgan fingerprint density at radius 3 is 2.22 bits per heavy atom. The van der Waals surface area contributed by atoms with E-state index in [1.807, 2.05) is 0 Å². The van der Waals surface area contributed by atoms with Gasteiger partial charge < -0.3 is 5.32 Å². The van der Waals surface area contributed by atoms with Crippen LogP contribution in [0.15, 0.2) is 0 Å². The molecule has 0 saturated carbocycles. The molecule has 52 valence electrons. The summed E-state index contributed by atoms with van der Waals surface area (Å²) in [7, 11) is 3.31. The Labute approximate surface area is 60.0 Å². The summed E-state index contributed by atoms with van der Waals surface area (Å²) in [6, 6.07) is 0. The lowest BCUT2D eigenvalue weighted by atomic mass is 10.6. The van der Waals surface area contributed by atoms with Gasteiger partial charge in [0.05, 0.1) is 0 Å². The fourth-order valence-corrected chi connectivity index (χ4v) is 0.439. The van der Waals surface area contributed by atoms with Gasteiger partial charge in [0.15, 0.2) is 5.11 Å². The molecule has 1 N–H and O–H groups in total. The Balaban J connectivity index is 3.88. The van der Waals surface area contributed by atoms with Crippen LogP contribution in [-0.4, -0.2) is 30.0 Å². The van der Waals surface area contributed by atoms with Gasteiger partial charge in [-0.05, 0) is 12.2 Å². The molecule has 0 aliphatic carbocycles. The first kappa shape index (κ1) is 8.36. The van der Waals surface area contributed by atoms with Crippen LogP contribution in [-0.2, 0) is 4.79 Å². The minimum absolute atomic E-state index is 0.0608. The third kappa shape index (κ3) is 2.41. The van der Waals surface area contributed by atoms with Crippen molar-refractivity contribution >= 4 is 23.2 Å². The topological polar surface area (TPSA) is 32.3 Å². The first-order chi connectivity index (χ1) is 4.09. The Hall–Kier alpha value is -0.640. The smallest absolute Gasteiger partial charge is 0.225 e. The Bertz CT molecular complexity index is 135. The minimum atomic E-state index is -0.0608. The van der Waals surface area contributed by atoms with Crippen molar-refractivity contribution in [3.05, 3.63) is 0 Å². The van der Waals surface area contributed by atoms with Crippen LogP contribution in [0.3, 0.4) is 0 Å². The quantitative estimate of drug-likeness (QED) is 0.487. The number of carbonyl (C=O) groups is 1. The molecule has 0 fully saturated rings. The third-order valence-corrected chi connectivity index (χ3v) is 1.47.